The number of para-hydroxylation sites is 1. The minimum absolute atomic E-state index is 0.0305. The summed E-state index contributed by atoms with van der Waals surface area (Å²) in [7, 11) is 3.37. The molecule has 0 saturated carbocycles. The first-order valence-corrected chi connectivity index (χ1v) is 8.10. The van der Waals surface area contributed by atoms with E-state index in [2.05, 4.69) is 15.8 Å². The summed E-state index contributed by atoms with van der Waals surface area (Å²) in [6.07, 6.45) is 0.657. The summed E-state index contributed by atoms with van der Waals surface area (Å²) in [6.45, 7) is 0. The van der Waals surface area contributed by atoms with Gasteiger partial charge in [-0.15, -0.1) is 0 Å². The molecule has 0 aliphatic rings. The van der Waals surface area contributed by atoms with Crippen LogP contribution in [0.4, 0.5) is 21.5 Å². The van der Waals surface area contributed by atoms with Gasteiger partial charge < -0.3 is 10.2 Å². The SMILES string of the molecule is CN(C)c1ccc(C=NNC(=O)CC(=O)Nc2ccccc2F)cc1[N+](=O)[O-]. The summed E-state index contributed by atoms with van der Waals surface area (Å²) < 4.78 is 13.5. The lowest BCUT2D eigenvalue weighted by Crippen LogP contribution is -2.24. The summed E-state index contributed by atoms with van der Waals surface area (Å²) in [5, 5.41) is 17.1. The van der Waals surface area contributed by atoms with E-state index < -0.39 is 29.0 Å². The Bertz CT molecular complexity index is 930. The maximum Gasteiger partial charge on any atom is 0.293 e. The first-order chi connectivity index (χ1) is 13.3. The van der Waals surface area contributed by atoms with Gasteiger partial charge in [-0.25, -0.2) is 9.82 Å². The summed E-state index contributed by atoms with van der Waals surface area (Å²) in [5.74, 6) is -2.04. The second-order valence-corrected chi connectivity index (χ2v) is 5.90. The Morgan fingerprint density at radius 3 is 2.57 bits per heavy atom. The van der Waals surface area contributed by atoms with Crippen LogP contribution in [0.1, 0.15) is 12.0 Å². The highest BCUT2D eigenvalue weighted by molar-refractivity contribution is 6.03. The Kier molecular flexibility index (Phi) is 6.74. The van der Waals surface area contributed by atoms with Crippen molar-refractivity contribution >= 4 is 35.1 Å². The summed E-state index contributed by atoms with van der Waals surface area (Å²) in [4.78, 5) is 35.7. The Morgan fingerprint density at radius 2 is 1.93 bits per heavy atom. The van der Waals surface area contributed by atoms with Crippen molar-refractivity contribution in [3.63, 3.8) is 0 Å². The van der Waals surface area contributed by atoms with E-state index in [9.17, 15) is 24.1 Å². The van der Waals surface area contributed by atoms with E-state index in [4.69, 9.17) is 0 Å². The van der Waals surface area contributed by atoms with Crippen molar-refractivity contribution < 1.29 is 18.9 Å². The lowest BCUT2D eigenvalue weighted by Gasteiger charge is -2.12. The van der Waals surface area contributed by atoms with E-state index in [1.807, 2.05) is 0 Å². The molecule has 0 saturated heterocycles. The van der Waals surface area contributed by atoms with Crippen LogP contribution in [-0.4, -0.2) is 37.0 Å². The number of anilines is 2. The summed E-state index contributed by atoms with van der Waals surface area (Å²) in [5.41, 5.74) is 2.83. The Morgan fingerprint density at radius 1 is 1.21 bits per heavy atom. The monoisotopic (exact) mass is 387 g/mol. The molecule has 146 valence electrons. The van der Waals surface area contributed by atoms with Gasteiger partial charge in [0, 0.05) is 25.7 Å². The third kappa shape index (κ3) is 5.59. The van der Waals surface area contributed by atoms with Crippen LogP contribution in [0.5, 0.6) is 0 Å². The van der Waals surface area contributed by atoms with Crippen molar-refractivity contribution in [3.8, 4) is 0 Å². The van der Waals surface area contributed by atoms with Crippen molar-refractivity contribution in [3.05, 3.63) is 64.0 Å². The highest BCUT2D eigenvalue weighted by atomic mass is 19.1. The Labute approximate surface area is 160 Å². The largest absolute Gasteiger partial charge is 0.372 e. The number of nitrogens with one attached hydrogen (secondary N) is 2. The number of nitro benzene ring substituents is 1. The zero-order chi connectivity index (χ0) is 20.7. The standard InChI is InChI=1S/C18H18FN5O4/c1-23(2)15-8-7-12(9-16(15)24(27)28)11-20-22-18(26)10-17(25)21-14-6-4-3-5-13(14)19/h3-9,11H,10H2,1-2H3,(H,21,25)(H,22,26). The number of amides is 2. The number of nitro groups is 1. The van der Waals surface area contributed by atoms with Crippen molar-refractivity contribution in [2.45, 2.75) is 6.42 Å². The van der Waals surface area contributed by atoms with Crippen LogP contribution in [0.2, 0.25) is 0 Å². The fourth-order valence-corrected chi connectivity index (χ4v) is 2.27. The second-order valence-electron chi connectivity index (χ2n) is 5.90. The molecule has 28 heavy (non-hydrogen) atoms. The summed E-state index contributed by atoms with van der Waals surface area (Å²) >= 11 is 0. The minimum atomic E-state index is -0.718. The molecule has 0 bridgehead atoms. The van der Waals surface area contributed by atoms with E-state index in [-0.39, 0.29) is 11.4 Å². The average Bonchev–Trinajstić information content (AvgIpc) is 2.63. The number of carbonyl (C=O) groups is 2. The zero-order valence-electron chi connectivity index (χ0n) is 15.2. The molecule has 0 atom stereocenters. The Balaban J connectivity index is 1.94. The lowest BCUT2D eigenvalue weighted by molar-refractivity contribution is -0.384. The molecule has 0 aliphatic carbocycles. The molecule has 0 heterocycles. The molecule has 0 radical (unpaired) electrons. The van der Waals surface area contributed by atoms with Gasteiger partial charge >= 0.3 is 0 Å². The topological polar surface area (TPSA) is 117 Å². The number of nitrogens with zero attached hydrogens (tertiary/aromatic N) is 3. The van der Waals surface area contributed by atoms with Gasteiger partial charge in [-0.3, -0.25) is 19.7 Å². The molecule has 0 aliphatic heterocycles. The van der Waals surface area contributed by atoms with Gasteiger partial charge in [-0.05, 0) is 18.2 Å². The highest BCUT2D eigenvalue weighted by Crippen LogP contribution is 2.27. The zero-order valence-corrected chi connectivity index (χ0v) is 15.2. The van der Waals surface area contributed by atoms with Gasteiger partial charge in [0.2, 0.25) is 11.8 Å². The fourth-order valence-electron chi connectivity index (χ4n) is 2.27. The van der Waals surface area contributed by atoms with Crippen molar-refractivity contribution in [2.24, 2.45) is 5.10 Å². The van der Waals surface area contributed by atoms with Crippen LogP contribution in [0, 0.1) is 15.9 Å². The number of benzene rings is 2. The Hall–Kier alpha value is -3.82. The molecule has 2 aromatic carbocycles. The van der Waals surface area contributed by atoms with Gasteiger partial charge in [-0.1, -0.05) is 18.2 Å². The third-order valence-electron chi connectivity index (χ3n) is 3.55. The quantitative estimate of drug-likeness (QED) is 0.327. The highest BCUT2D eigenvalue weighted by Gasteiger charge is 2.15. The van der Waals surface area contributed by atoms with E-state index in [0.29, 0.717) is 11.3 Å². The van der Waals surface area contributed by atoms with Crippen molar-refractivity contribution in [1.82, 2.24) is 5.43 Å². The van der Waals surface area contributed by atoms with Crippen molar-refractivity contribution in [1.29, 1.82) is 0 Å². The number of halogens is 1. The molecule has 2 rings (SSSR count). The number of hydrazone groups is 1. The van der Waals surface area contributed by atoms with Gasteiger partial charge in [0.05, 0.1) is 16.8 Å². The fraction of sp³-hybridized carbons (Fsp3) is 0.167. The van der Waals surface area contributed by atoms with Gasteiger partial charge in [0.15, 0.2) is 0 Å². The molecule has 0 spiro atoms. The molecular weight excluding hydrogens is 369 g/mol. The number of rotatable bonds is 7. The number of carbonyl (C=O) groups excluding carboxylic acids is 2. The van der Waals surface area contributed by atoms with Crippen LogP contribution < -0.4 is 15.6 Å². The maximum atomic E-state index is 13.5. The molecular formula is C18H18FN5O4. The molecule has 2 N–H and O–H groups in total. The second kappa shape index (κ2) is 9.21. The van der Waals surface area contributed by atoms with E-state index in [0.717, 1.165) is 0 Å². The van der Waals surface area contributed by atoms with Crippen LogP contribution in [-0.2, 0) is 9.59 Å². The van der Waals surface area contributed by atoms with Crippen molar-refractivity contribution in [2.75, 3.05) is 24.3 Å². The van der Waals surface area contributed by atoms with Gasteiger partial charge in [0.1, 0.15) is 17.9 Å². The predicted molar refractivity (Wildman–Crippen MR) is 103 cm³/mol. The number of hydrogen-bond donors (Lipinski definition) is 2. The summed E-state index contributed by atoms with van der Waals surface area (Å²) in [6, 6.07) is 10.0. The molecule has 10 heteroatoms. The molecule has 2 amide bonds. The first kappa shape index (κ1) is 20.5. The van der Waals surface area contributed by atoms with Gasteiger partial charge in [0.25, 0.3) is 5.69 Å². The molecule has 0 unspecified atom stereocenters. The van der Waals surface area contributed by atoms with Crippen LogP contribution in [0.3, 0.4) is 0 Å². The third-order valence-corrected chi connectivity index (χ3v) is 3.55. The molecule has 0 fully saturated rings. The molecule has 0 aromatic heterocycles. The van der Waals surface area contributed by atoms with Crippen LogP contribution in [0.25, 0.3) is 0 Å². The minimum Gasteiger partial charge on any atom is -0.372 e. The number of hydrogen-bond acceptors (Lipinski definition) is 6. The van der Waals surface area contributed by atoms with Crippen LogP contribution in [0.15, 0.2) is 47.6 Å². The normalized spacial score (nSPS) is 10.5. The smallest absolute Gasteiger partial charge is 0.293 e. The van der Waals surface area contributed by atoms with Gasteiger partial charge in [-0.2, -0.15) is 5.10 Å². The maximum absolute atomic E-state index is 13.5. The average molecular weight is 387 g/mol. The van der Waals surface area contributed by atoms with E-state index in [1.54, 1.807) is 37.2 Å². The first-order valence-electron chi connectivity index (χ1n) is 8.10. The lowest BCUT2D eigenvalue weighted by atomic mass is 10.2. The molecule has 9 nitrogen and oxygen atoms in total. The van der Waals surface area contributed by atoms with E-state index >= 15 is 0 Å². The predicted octanol–water partition coefficient (Wildman–Crippen LogP) is 2.28. The van der Waals surface area contributed by atoms with Crippen LogP contribution >= 0.6 is 0 Å². The van der Waals surface area contributed by atoms with E-state index in [1.165, 1.54) is 30.5 Å². The molecule has 2 aromatic rings.